The molecule has 1 saturated carbocycles. The van der Waals surface area contributed by atoms with Crippen molar-refractivity contribution in [2.24, 2.45) is 16.6 Å². The largest absolute Gasteiger partial charge is 0.475 e. The predicted octanol–water partition coefficient (Wildman–Crippen LogP) is 2.46. The summed E-state index contributed by atoms with van der Waals surface area (Å²) in [5.41, 5.74) is 8.33. The molecule has 0 aromatic heterocycles. The van der Waals surface area contributed by atoms with Gasteiger partial charge in [0, 0.05) is 6.42 Å². The second kappa shape index (κ2) is 5.33. The van der Waals surface area contributed by atoms with Gasteiger partial charge in [-0.1, -0.05) is 29.8 Å². The molecular formula is C16H22N2O. The second-order valence-corrected chi connectivity index (χ2v) is 5.82. The molecule has 0 spiro atoms. The summed E-state index contributed by atoms with van der Waals surface area (Å²) in [6.07, 6.45) is 4.51. The van der Waals surface area contributed by atoms with Crippen molar-refractivity contribution in [3.8, 4) is 0 Å². The summed E-state index contributed by atoms with van der Waals surface area (Å²) in [7, 11) is 0. The van der Waals surface area contributed by atoms with Crippen molar-refractivity contribution >= 4 is 5.90 Å². The quantitative estimate of drug-likeness (QED) is 0.905. The van der Waals surface area contributed by atoms with Gasteiger partial charge in [-0.25, -0.2) is 4.99 Å². The van der Waals surface area contributed by atoms with Crippen molar-refractivity contribution in [1.82, 2.24) is 0 Å². The average Bonchev–Trinajstić information content (AvgIpc) is 2.82. The van der Waals surface area contributed by atoms with Crippen LogP contribution in [0.3, 0.4) is 0 Å². The van der Waals surface area contributed by atoms with Crippen molar-refractivity contribution in [3.63, 3.8) is 0 Å². The number of benzene rings is 1. The van der Waals surface area contributed by atoms with Crippen LogP contribution in [0.5, 0.6) is 0 Å². The molecule has 3 atom stereocenters. The Balaban J connectivity index is 1.65. The van der Waals surface area contributed by atoms with Crippen LogP contribution in [0.25, 0.3) is 0 Å². The van der Waals surface area contributed by atoms with Gasteiger partial charge in [0.15, 0.2) is 5.90 Å². The van der Waals surface area contributed by atoms with Gasteiger partial charge in [-0.3, -0.25) is 0 Å². The van der Waals surface area contributed by atoms with Gasteiger partial charge in [-0.15, -0.1) is 0 Å². The van der Waals surface area contributed by atoms with Gasteiger partial charge in [0.1, 0.15) is 6.10 Å². The third-order valence-electron chi connectivity index (χ3n) is 4.27. The first kappa shape index (κ1) is 12.7. The Morgan fingerprint density at radius 2 is 2.05 bits per heavy atom. The van der Waals surface area contributed by atoms with Crippen LogP contribution in [0.4, 0.5) is 0 Å². The predicted molar refractivity (Wildman–Crippen MR) is 77.4 cm³/mol. The summed E-state index contributed by atoms with van der Waals surface area (Å²) in [4.78, 5) is 4.76. The van der Waals surface area contributed by atoms with Gasteiger partial charge in [0.05, 0.1) is 6.04 Å². The molecule has 19 heavy (non-hydrogen) atoms. The van der Waals surface area contributed by atoms with Gasteiger partial charge >= 0.3 is 0 Å². The summed E-state index contributed by atoms with van der Waals surface area (Å²) >= 11 is 0. The van der Waals surface area contributed by atoms with E-state index in [4.69, 9.17) is 15.5 Å². The van der Waals surface area contributed by atoms with Gasteiger partial charge in [-0.05, 0) is 44.2 Å². The van der Waals surface area contributed by atoms with Crippen LogP contribution in [-0.2, 0) is 11.2 Å². The zero-order chi connectivity index (χ0) is 13.2. The standard InChI is InChI=1S/C16H22N2O/c1-11-2-4-12(5-3-11)9-16-18-14-8-13(10-17)6-7-15(14)19-16/h2-5,13-15H,6-10,17H2,1H3. The number of aliphatic imine (C=N–C) groups is 1. The molecule has 1 heterocycles. The zero-order valence-electron chi connectivity index (χ0n) is 11.5. The summed E-state index contributed by atoms with van der Waals surface area (Å²) in [5, 5.41) is 0. The molecule has 2 N–H and O–H groups in total. The van der Waals surface area contributed by atoms with E-state index < -0.39 is 0 Å². The third kappa shape index (κ3) is 2.81. The van der Waals surface area contributed by atoms with E-state index in [1.807, 2.05) is 0 Å². The van der Waals surface area contributed by atoms with Gasteiger partial charge < -0.3 is 10.5 Å². The Morgan fingerprint density at radius 3 is 2.79 bits per heavy atom. The number of nitrogens with zero attached hydrogens (tertiary/aromatic N) is 1. The molecule has 3 unspecified atom stereocenters. The van der Waals surface area contributed by atoms with E-state index in [1.165, 1.54) is 17.5 Å². The Hall–Kier alpha value is -1.35. The number of ether oxygens (including phenoxy) is 1. The molecule has 3 rings (SSSR count). The van der Waals surface area contributed by atoms with E-state index in [9.17, 15) is 0 Å². The molecule has 0 amide bonds. The van der Waals surface area contributed by atoms with E-state index in [-0.39, 0.29) is 0 Å². The van der Waals surface area contributed by atoms with E-state index >= 15 is 0 Å². The van der Waals surface area contributed by atoms with Crippen LogP contribution in [0.15, 0.2) is 29.3 Å². The maximum absolute atomic E-state index is 6.00. The highest BCUT2D eigenvalue weighted by Crippen LogP contribution is 2.32. The Kier molecular flexibility index (Phi) is 3.56. The van der Waals surface area contributed by atoms with Crippen LogP contribution < -0.4 is 5.73 Å². The summed E-state index contributed by atoms with van der Waals surface area (Å²) in [6.45, 7) is 2.89. The molecule has 1 fully saturated rings. The summed E-state index contributed by atoms with van der Waals surface area (Å²) in [5.74, 6) is 1.55. The van der Waals surface area contributed by atoms with Crippen LogP contribution >= 0.6 is 0 Å². The number of aryl methyl sites for hydroxylation is 1. The summed E-state index contributed by atoms with van der Waals surface area (Å²) in [6, 6.07) is 8.95. The molecule has 1 aromatic rings. The number of hydrogen-bond acceptors (Lipinski definition) is 3. The number of nitrogens with two attached hydrogens (primary N) is 1. The van der Waals surface area contributed by atoms with Crippen molar-refractivity contribution < 1.29 is 4.74 Å². The highest BCUT2D eigenvalue weighted by Gasteiger charge is 2.36. The van der Waals surface area contributed by atoms with Gasteiger partial charge in [0.25, 0.3) is 0 Å². The van der Waals surface area contributed by atoms with Gasteiger partial charge in [-0.2, -0.15) is 0 Å². The van der Waals surface area contributed by atoms with Crippen LogP contribution in [0, 0.1) is 12.8 Å². The zero-order valence-corrected chi connectivity index (χ0v) is 11.5. The molecule has 0 bridgehead atoms. The number of hydrogen-bond donors (Lipinski definition) is 1. The molecular weight excluding hydrogens is 236 g/mol. The van der Waals surface area contributed by atoms with Crippen LogP contribution in [0.1, 0.15) is 30.4 Å². The molecule has 102 valence electrons. The second-order valence-electron chi connectivity index (χ2n) is 5.82. The molecule has 3 heteroatoms. The first-order chi connectivity index (χ1) is 9.24. The lowest BCUT2D eigenvalue weighted by Crippen LogP contribution is -2.33. The highest BCUT2D eigenvalue weighted by atomic mass is 16.5. The Morgan fingerprint density at radius 1 is 1.26 bits per heavy atom. The maximum Gasteiger partial charge on any atom is 0.188 e. The van der Waals surface area contributed by atoms with E-state index in [0.717, 1.165) is 31.7 Å². The molecule has 3 nitrogen and oxygen atoms in total. The van der Waals surface area contributed by atoms with Gasteiger partial charge in [0.2, 0.25) is 0 Å². The maximum atomic E-state index is 6.00. The fourth-order valence-electron chi connectivity index (χ4n) is 3.05. The van der Waals surface area contributed by atoms with E-state index in [2.05, 4.69) is 31.2 Å². The molecule has 1 aliphatic carbocycles. The first-order valence-electron chi connectivity index (χ1n) is 7.23. The number of fused-ring (bicyclic) bond motifs is 1. The van der Waals surface area contributed by atoms with Crippen molar-refractivity contribution in [2.45, 2.75) is 44.8 Å². The van der Waals surface area contributed by atoms with E-state index in [0.29, 0.717) is 18.1 Å². The molecule has 1 aromatic carbocycles. The minimum atomic E-state index is 0.309. The topological polar surface area (TPSA) is 47.6 Å². The van der Waals surface area contributed by atoms with Crippen LogP contribution in [-0.4, -0.2) is 24.6 Å². The molecule has 2 aliphatic rings. The Bertz CT molecular complexity index is 466. The highest BCUT2D eigenvalue weighted by molar-refractivity contribution is 5.80. The lowest BCUT2D eigenvalue weighted by molar-refractivity contribution is 0.127. The molecule has 1 aliphatic heterocycles. The van der Waals surface area contributed by atoms with Crippen molar-refractivity contribution in [3.05, 3.63) is 35.4 Å². The minimum Gasteiger partial charge on any atom is -0.475 e. The van der Waals surface area contributed by atoms with Crippen molar-refractivity contribution in [1.29, 1.82) is 0 Å². The van der Waals surface area contributed by atoms with Crippen molar-refractivity contribution in [2.75, 3.05) is 6.54 Å². The third-order valence-corrected chi connectivity index (χ3v) is 4.27. The lowest BCUT2D eigenvalue weighted by atomic mass is 9.84. The molecule has 0 radical (unpaired) electrons. The fourth-order valence-corrected chi connectivity index (χ4v) is 3.05. The fraction of sp³-hybridized carbons (Fsp3) is 0.562. The SMILES string of the molecule is Cc1ccc(CC2=NC3CC(CN)CCC3O2)cc1. The summed E-state index contributed by atoms with van der Waals surface area (Å²) < 4.78 is 6.00. The molecule has 0 saturated heterocycles. The normalized spacial score (nSPS) is 29.6. The smallest absolute Gasteiger partial charge is 0.188 e. The number of rotatable bonds is 3. The Labute approximate surface area is 114 Å². The van der Waals surface area contributed by atoms with Crippen LogP contribution in [0.2, 0.25) is 0 Å². The lowest BCUT2D eigenvalue weighted by Gasteiger charge is -2.28. The monoisotopic (exact) mass is 258 g/mol. The van der Waals surface area contributed by atoms with E-state index in [1.54, 1.807) is 0 Å². The average molecular weight is 258 g/mol. The minimum absolute atomic E-state index is 0.309. The first-order valence-corrected chi connectivity index (χ1v) is 7.23.